The average molecular weight is 312 g/mol. The van der Waals surface area contributed by atoms with Gasteiger partial charge in [0.05, 0.1) is 0 Å². The van der Waals surface area contributed by atoms with Crippen LogP contribution in [0.25, 0.3) is 0 Å². The van der Waals surface area contributed by atoms with Gasteiger partial charge in [0.2, 0.25) is 0 Å². The van der Waals surface area contributed by atoms with Crippen molar-refractivity contribution >= 4 is 0 Å². The largest absolute Gasteiger partial charge is 0.298 e. The van der Waals surface area contributed by atoms with Gasteiger partial charge in [-0.15, -0.1) is 0 Å². The zero-order valence-corrected chi connectivity index (χ0v) is 16.9. The average Bonchev–Trinajstić information content (AvgIpc) is 2.45. The molecule has 0 heterocycles. The minimum atomic E-state index is 0.331. The van der Waals surface area contributed by atoms with E-state index in [0.717, 1.165) is 0 Å². The monoisotopic (exact) mass is 311 g/mol. The van der Waals surface area contributed by atoms with E-state index in [-0.39, 0.29) is 0 Å². The van der Waals surface area contributed by atoms with Crippen molar-refractivity contribution in [3.05, 3.63) is 0 Å². The van der Waals surface area contributed by atoms with Gasteiger partial charge in [0.1, 0.15) is 0 Å². The second-order valence-corrected chi connectivity index (χ2v) is 8.27. The van der Waals surface area contributed by atoms with Gasteiger partial charge in [-0.1, -0.05) is 99.3 Å². The maximum atomic E-state index is 2.68. The molecule has 0 aliphatic heterocycles. The molecule has 1 nitrogen and oxygen atoms in total. The van der Waals surface area contributed by atoms with Gasteiger partial charge in [-0.3, -0.25) is 4.90 Å². The molecule has 22 heavy (non-hydrogen) atoms. The molecule has 0 fully saturated rings. The predicted octanol–water partition coefficient (Wildman–Crippen LogP) is 7.05. The van der Waals surface area contributed by atoms with Crippen molar-refractivity contribution in [1.82, 2.24) is 4.90 Å². The summed E-state index contributed by atoms with van der Waals surface area (Å²) < 4.78 is 0. The van der Waals surface area contributed by atoms with Crippen LogP contribution in [0.5, 0.6) is 0 Å². The van der Waals surface area contributed by atoms with Crippen LogP contribution in [0.3, 0.4) is 0 Å². The number of hydrogen-bond donors (Lipinski definition) is 0. The standard InChI is InChI=1S/C21H45N/c1-8-11-12-13-14-15-16-17-18-19-21(7,20(4,5)6)22(9-2)10-3/h8-19H2,1-7H3. The maximum absolute atomic E-state index is 2.68. The van der Waals surface area contributed by atoms with Crippen molar-refractivity contribution in [2.75, 3.05) is 13.1 Å². The fraction of sp³-hybridized carbons (Fsp3) is 1.00. The van der Waals surface area contributed by atoms with E-state index in [2.05, 4.69) is 53.4 Å². The normalized spacial score (nSPS) is 15.3. The van der Waals surface area contributed by atoms with Crippen LogP contribution >= 0.6 is 0 Å². The summed E-state index contributed by atoms with van der Waals surface area (Å²) in [5.74, 6) is 0. The first-order chi connectivity index (χ1) is 10.3. The second kappa shape index (κ2) is 11.5. The lowest BCUT2D eigenvalue weighted by atomic mass is 9.70. The Morgan fingerprint density at radius 2 is 1.00 bits per heavy atom. The molecular formula is C21H45N. The molecule has 0 spiro atoms. The summed E-state index contributed by atoms with van der Waals surface area (Å²) in [6, 6.07) is 0. The van der Waals surface area contributed by atoms with Crippen molar-refractivity contribution in [3.63, 3.8) is 0 Å². The van der Waals surface area contributed by atoms with Gasteiger partial charge >= 0.3 is 0 Å². The quantitative estimate of drug-likeness (QED) is 0.329. The summed E-state index contributed by atoms with van der Waals surface area (Å²) in [5.41, 5.74) is 0.677. The summed E-state index contributed by atoms with van der Waals surface area (Å²) in [6.45, 7) is 19.0. The van der Waals surface area contributed by atoms with Crippen LogP contribution < -0.4 is 0 Å². The molecule has 0 amide bonds. The number of unbranched alkanes of at least 4 members (excludes halogenated alkanes) is 8. The minimum absolute atomic E-state index is 0.331. The Bertz CT molecular complexity index is 249. The highest BCUT2D eigenvalue weighted by molar-refractivity contribution is 4.95. The van der Waals surface area contributed by atoms with E-state index < -0.39 is 0 Å². The van der Waals surface area contributed by atoms with Crippen LogP contribution in [0.15, 0.2) is 0 Å². The molecule has 0 aliphatic rings. The molecular weight excluding hydrogens is 266 g/mol. The zero-order chi connectivity index (χ0) is 17.1. The molecule has 1 heteroatoms. The Morgan fingerprint density at radius 3 is 1.36 bits per heavy atom. The second-order valence-electron chi connectivity index (χ2n) is 8.27. The van der Waals surface area contributed by atoms with Crippen molar-refractivity contribution in [2.45, 2.75) is 118 Å². The predicted molar refractivity (Wildman–Crippen MR) is 103 cm³/mol. The number of rotatable bonds is 13. The van der Waals surface area contributed by atoms with E-state index in [1.165, 1.54) is 77.3 Å². The van der Waals surface area contributed by atoms with E-state index in [1.807, 2.05) is 0 Å². The molecule has 0 N–H and O–H groups in total. The molecule has 0 aromatic carbocycles. The number of nitrogens with zero attached hydrogens (tertiary/aromatic N) is 1. The van der Waals surface area contributed by atoms with E-state index in [4.69, 9.17) is 0 Å². The lowest BCUT2D eigenvalue weighted by Crippen LogP contribution is -2.54. The van der Waals surface area contributed by atoms with E-state index >= 15 is 0 Å². The Morgan fingerprint density at radius 1 is 0.591 bits per heavy atom. The highest BCUT2D eigenvalue weighted by Gasteiger charge is 2.40. The summed E-state index contributed by atoms with van der Waals surface area (Å²) in [5, 5.41) is 0. The topological polar surface area (TPSA) is 3.24 Å². The van der Waals surface area contributed by atoms with Gasteiger partial charge < -0.3 is 0 Å². The molecule has 134 valence electrons. The SMILES string of the molecule is CCCCCCCCCCCC(C)(N(CC)CC)C(C)(C)C. The van der Waals surface area contributed by atoms with E-state index in [0.29, 0.717) is 11.0 Å². The molecule has 1 unspecified atom stereocenters. The molecule has 0 rings (SSSR count). The van der Waals surface area contributed by atoms with Crippen LogP contribution in [-0.2, 0) is 0 Å². The molecule has 0 saturated carbocycles. The van der Waals surface area contributed by atoms with Gasteiger partial charge in [0, 0.05) is 5.54 Å². The van der Waals surface area contributed by atoms with E-state index in [1.54, 1.807) is 0 Å². The van der Waals surface area contributed by atoms with Crippen LogP contribution in [0.2, 0.25) is 0 Å². The fourth-order valence-electron chi connectivity index (χ4n) is 3.71. The molecule has 0 bridgehead atoms. The Labute approximate surface area is 142 Å². The Kier molecular flexibility index (Phi) is 11.5. The summed E-state index contributed by atoms with van der Waals surface area (Å²) in [6.07, 6.45) is 14.2. The van der Waals surface area contributed by atoms with Gasteiger partial charge in [-0.25, -0.2) is 0 Å². The first-order valence-corrected chi connectivity index (χ1v) is 10.1. The smallest absolute Gasteiger partial charge is 0.0229 e. The molecule has 0 aliphatic carbocycles. The van der Waals surface area contributed by atoms with Crippen LogP contribution in [0.1, 0.15) is 113 Å². The lowest BCUT2D eigenvalue weighted by Gasteiger charge is -2.50. The Balaban J connectivity index is 4.06. The van der Waals surface area contributed by atoms with Gasteiger partial charge in [-0.2, -0.15) is 0 Å². The third-order valence-corrected chi connectivity index (χ3v) is 5.84. The van der Waals surface area contributed by atoms with Gasteiger partial charge in [-0.05, 0) is 31.8 Å². The van der Waals surface area contributed by atoms with Crippen LogP contribution in [0.4, 0.5) is 0 Å². The molecule has 0 saturated heterocycles. The number of hydrogen-bond acceptors (Lipinski definition) is 1. The highest BCUT2D eigenvalue weighted by atomic mass is 15.2. The Hall–Kier alpha value is -0.0400. The van der Waals surface area contributed by atoms with Crippen LogP contribution in [-0.4, -0.2) is 23.5 Å². The molecule has 0 radical (unpaired) electrons. The van der Waals surface area contributed by atoms with Gasteiger partial charge in [0.15, 0.2) is 0 Å². The third-order valence-electron chi connectivity index (χ3n) is 5.84. The lowest BCUT2D eigenvalue weighted by molar-refractivity contribution is 0.00432. The van der Waals surface area contributed by atoms with Crippen molar-refractivity contribution in [1.29, 1.82) is 0 Å². The summed E-state index contributed by atoms with van der Waals surface area (Å²) in [7, 11) is 0. The minimum Gasteiger partial charge on any atom is -0.298 e. The van der Waals surface area contributed by atoms with Crippen molar-refractivity contribution in [2.24, 2.45) is 5.41 Å². The van der Waals surface area contributed by atoms with Crippen molar-refractivity contribution in [3.8, 4) is 0 Å². The maximum Gasteiger partial charge on any atom is 0.0229 e. The third kappa shape index (κ3) is 7.49. The molecule has 1 atom stereocenters. The van der Waals surface area contributed by atoms with Crippen LogP contribution in [0, 0.1) is 5.41 Å². The molecule has 0 aromatic rings. The summed E-state index contributed by atoms with van der Waals surface area (Å²) in [4.78, 5) is 2.68. The molecule has 0 aromatic heterocycles. The highest BCUT2D eigenvalue weighted by Crippen LogP contribution is 2.39. The first-order valence-electron chi connectivity index (χ1n) is 10.1. The van der Waals surface area contributed by atoms with Crippen molar-refractivity contribution < 1.29 is 0 Å². The first kappa shape index (κ1) is 22.0. The summed E-state index contributed by atoms with van der Waals surface area (Å²) >= 11 is 0. The van der Waals surface area contributed by atoms with E-state index in [9.17, 15) is 0 Å². The zero-order valence-electron chi connectivity index (χ0n) is 16.9. The van der Waals surface area contributed by atoms with Gasteiger partial charge in [0.25, 0.3) is 0 Å². The fourth-order valence-corrected chi connectivity index (χ4v) is 3.71.